The molecule has 0 saturated heterocycles. The summed E-state index contributed by atoms with van der Waals surface area (Å²) < 4.78 is 18.8. The zero-order chi connectivity index (χ0) is 16.0. The van der Waals surface area contributed by atoms with Crippen LogP contribution in [0.25, 0.3) is 5.57 Å². The molecule has 0 atom stereocenters. The number of carbonyl (C=O) groups is 1. The van der Waals surface area contributed by atoms with Gasteiger partial charge in [-0.15, -0.1) is 0 Å². The van der Waals surface area contributed by atoms with Crippen molar-refractivity contribution in [2.24, 2.45) is 4.99 Å². The smallest absolute Gasteiger partial charge is 0.341 e. The fourth-order valence-electron chi connectivity index (χ4n) is 3.29. The summed E-state index contributed by atoms with van der Waals surface area (Å²) in [6.45, 7) is -0.339. The fourth-order valence-corrected chi connectivity index (χ4v) is 3.29. The monoisotopic (exact) mass is 311 g/mol. The van der Waals surface area contributed by atoms with Crippen LogP contribution in [0.2, 0.25) is 0 Å². The van der Waals surface area contributed by atoms with Crippen molar-refractivity contribution < 1.29 is 19.0 Å². The number of allylic oxidation sites excluding steroid dienone is 5. The topological polar surface area (TPSA) is 58.9 Å². The Balaban J connectivity index is 1.74. The third-order valence-electron chi connectivity index (χ3n) is 4.31. The van der Waals surface area contributed by atoms with Gasteiger partial charge in [0.1, 0.15) is 11.6 Å². The Bertz CT molecular complexity index is 938. The minimum absolute atomic E-state index is 0.244. The van der Waals surface area contributed by atoms with Gasteiger partial charge in [0, 0.05) is 5.22 Å². The van der Waals surface area contributed by atoms with E-state index in [0.717, 1.165) is 45.8 Å². The lowest BCUT2D eigenvalue weighted by Crippen LogP contribution is -2.23. The van der Waals surface area contributed by atoms with Crippen molar-refractivity contribution in [1.82, 2.24) is 0 Å². The Morgan fingerprint density at radius 2 is 2.17 bits per heavy atom. The Hall–Kier alpha value is -2.69. The average molecular weight is 311 g/mol. The summed E-state index contributed by atoms with van der Waals surface area (Å²) in [5.74, 6) is -0.639. The van der Waals surface area contributed by atoms with Gasteiger partial charge < -0.3 is 9.84 Å². The van der Waals surface area contributed by atoms with E-state index < -0.39 is 5.97 Å². The molecule has 2 aliphatic carbocycles. The molecule has 4 nitrogen and oxygen atoms in total. The summed E-state index contributed by atoms with van der Waals surface area (Å²) in [4.78, 5) is 15.3. The molecule has 0 radical (unpaired) electrons. The molecule has 0 aromatic heterocycles. The number of carboxylic acids is 1. The molecule has 0 saturated carbocycles. The Morgan fingerprint density at radius 1 is 1.30 bits per heavy atom. The second-order valence-corrected chi connectivity index (χ2v) is 5.74. The Labute approximate surface area is 131 Å². The predicted octanol–water partition coefficient (Wildman–Crippen LogP) is 1.97. The van der Waals surface area contributed by atoms with Gasteiger partial charge >= 0.3 is 5.97 Å². The number of aliphatic carboxylic acids is 1. The van der Waals surface area contributed by atoms with E-state index in [2.05, 4.69) is 4.99 Å². The molecule has 0 amide bonds. The molecule has 3 aliphatic rings. The van der Waals surface area contributed by atoms with Gasteiger partial charge in [-0.1, -0.05) is 0 Å². The quantitative estimate of drug-likeness (QED) is 0.928. The van der Waals surface area contributed by atoms with Crippen LogP contribution in [0.4, 0.5) is 4.39 Å². The highest BCUT2D eigenvalue weighted by atomic mass is 19.1. The summed E-state index contributed by atoms with van der Waals surface area (Å²) in [6, 6.07) is 4.70. The Morgan fingerprint density at radius 3 is 3.00 bits per heavy atom. The number of hydrogen-bond acceptors (Lipinski definition) is 3. The summed E-state index contributed by atoms with van der Waals surface area (Å²) in [5.41, 5.74) is 4.31. The van der Waals surface area contributed by atoms with Gasteiger partial charge in [-0.2, -0.15) is 0 Å². The van der Waals surface area contributed by atoms with Gasteiger partial charge in [-0.3, -0.25) is 0 Å². The summed E-state index contributed by atoms with van der Waals surface area (Å²) in [6.07, 6.45) is 6.05. The van der Waals surface area contributed by atoms with E-state index in [1.54, 1.807) is 12.1 Å². The number of carboxylic acid groups (broad SMARTS) is 1. The molecule has 4 rings (SSSR count). The molecule has 0 spiro atoms. The molecule has 0 unspecified atom stereocenters. The van der Waals surface area contributed by atoms with Crippen molar-refractivity contribution in [2.75, 3.05) is 6.61 Å². The maximum Gasteiger partial charge on any atom is 0.341 e. The molecule has 5 heteroatoms. The van der Waals surface area contributed by atoms with Crippen molar-refractivity contribution in [1.29, 1.82) is 0 Å². The third-order valence-corrected chi connectivity index (χ3v) is 4.31. The Kier molecular flexibility index (Phi) is 3.15. The lowest BCUT2D eigenvalue weighted by molar-refractivity contribution is -0.140. The van der Waals surface area contributed by atoms with Crippen molar-refractivity contribution >= 4 is 11.5 Å². The zero-order valence-electron chi connectivity index (χ0n) is 12.3. The van der Waals surface area contributed by atoms with Crippen LogP contribution in [0.3, 0.4) is 0 Å². The van der Waals surface area contributed by atoms with Gasteiger partial charge in [0.25, 0.3) is 0 Å². The first kappa shape index (κ1) is 13.9. The van der Waals surface area contributed by atoms with E-state index in [1.165, 1.54) is 6.07 Å². The first-order valence-electron chi connectivity index (χ1n) is 7.48. The highest BCUT2D eigenvalue weighted by Gasteiger charge is 2.26. The van der Waals surface area contributed by atoms with Crippen molar-refractivity contribution in [3.05, 3.63) is 69.3 Å². The van der Waals surface area contributed by atoms with Crippen LogP contribution in [-0.4, -0.2) is 17.7 Å². The second kappa shape index (κ2) is 5.19. The number of hydrogen-bond donors (Lipinski definition) is 1. The van der Waals surface area contributed by atoms with E-state index >= 15 is 0 Å². The molecule has 1 aromatic carbocycles. The number of nitrogens with zero attached hydrogens (tertiary/aromatic N) is 1. The summed E-state index contributed by atoms with van der Waals surface area (Å²) in [7, 11) is 0. The maximum atomic E-state index is 13.5. The molecular formula is C18H14FNO3. The van der Waals surface area contributed by atoms with Crippen molar-refractivity contribution in [3.8, 4) is 0 Å². The summed E-state index contributed by atoms with van der Waals surface area (Å²) in [5, 5.41) is 10.4. The van der Waals surface area contributed by atoms with Gasteiger partial charge in [-0.25, -0.2) is 14.2 Å². The second-order valence-electron chi connectivity index (χ2n) is 5.74. The normalized spacial score (nSPS) is 18.4. The maximum absolute atomic E-state index is 13.5. The van der Waals surface area contributed by atoms with Gasteiger partial charge in [-0.05, 0) is 66.3 Å². The highest BCUT2D eigenvalue weighted by molar-refractivity contribution is 5.73. The van der Waals surface area contributed by atoms with Gasteiger partial charge in [0.2, 0.25) is 0 Å². The number of fused-ring (bicyclic) bond motifs is 3. The van der Waals surface area contributed by atoms with Crippen molar-refractivity contribution in [2.45, 2.75) is 19.3 Å². The predicted molar refractivity (Wildman–Crippen MR) is 81.2 cm³/mol. The molecule has 1 aromatic rings. The van der Waals surface area contributed by atoms with Crippen LogP contribution in [0.15, 0.2) is 57.9 Å². The third kappa shape index (κ3) is 2.38. The van der Waals surface area contributed by atoms with Gasteiger partial charge in [0.15, 0.2) is 6.61 Å². The number of benzene rings is 1. The average Bonchev–Trinajstić information content (AvgIpc) is 2.90. The standard InChI is InChI=1S/C18H14FNO3/c19-11-2-6-16-15(8-11)14-4-1-10-7-12(23-9-17(21)22)3-5-13(10)18(14)20-16/h2-3,6-8H,1,4-5,9H2,(H,21,22). The van der Waals surface area contributed by atoms with Crippen LogP contribution in [0.5, 0.6) is 0 Å². The first-order valence-corrected chi connectivity index (χ1v) is 7.48. The minimum atomic E-state index is -0.990. The highest BCUT2D eigenvalue weighted by Crippen LogP contribution is 2.40. The number of halogens is 1. The van der Waals surface area contributed by atoms with Crippen LogP contribution >= 0.6 is 0 Å². The van der Waals surface area contributed by atoms with E-state index in [-0.39, 0.29) is 12.4 Å². The molecule has 1 heterocycles. The van der Waals surface area contributed by atoms with E-state index in [9.17, 15) is 9.18 Å². The zero-order valence-corrected chi connectivity index (χ0v) is 12.3. The fraction of sp³-hybridized carbons (Fsp3) is 0.222. The minimum Gasteiger partial charge on any atom is -0.482 e. The van der Waals surface area contributed by atoms with Crippen LogP contribution < -0.4 is 10.6 Å². The molecular weight excluding hydrogens is 297 g/mol. The first-order chi connectivity index (χ1) is 11.1. The lowest BCUT2D eigenvalue weighted by Gasteiger charge is -2.24. The molecule has 116 valence electrons. The summed E-state index contributed by atoms with van der Waals surface area (Å²) >= 11 is 0. The SMILES string of the molecule is O=C(O)COC1=CCC2=C3N=c4ccc(F)cc4=C3CCC2=C1. The number of rotatable bonds is 3. The molecule has 0 fully saturated rings. The molecule has 1 N–H and O–H groups in total. The van der Waals surface area contributed by atoms with Crippen LogP contribution in [0, 0.1) is 5.82 Å². The van der Waals surface area contributed by atoms with Gasteiger partial charge in [0.05, 0.1) is 11.1 Å². The van der Waals surface area contributed by atoms with E-state index in [1.807, 2.05) is 12.2 Å². The van der Waals surface area contributed by atoms with Crippen LogP contribution in [0.1, 0.15) is 19.3 Å². The number of ether oxygens (including phenoxy) is 1. The molecule has 0 bridgehead atoms. The lowest BCUT2D eigenvalue weighted by atomic mass is 9.83. The van der Waals surface area contributed by atoms with E-state index in [0.29, 0.717) is 12.2 Å². The van der Waals surface area contributed by atoms with Crippen molar-refractivity contribution in [3.63, 3.8) is 0 Å². The largest absolute Gasteiger partial charge is 0.482 e. The molecule has 23 heavy (non-hydrogen) atoms. The van der Waals surface area contributed by atoms with Crippen LogP contribution in [-0.2, 0) is 9.53 Å². The van der Waals surface area contributed by atoms with E-state index in [4.69, 9.17) is 9.84 Å². The molecule has 1 aliphatic heterocycles.